The Labute approximate surface area is 99.8 Å². The van der Waals surface area contributed by atoms with E-state index in [2.05, 4.69) is 11.3 Å². The average Bonchev–Trinajstić information content (AvgIpc) is 2.27. The van der Waals surface area contributed by atoms with Crippen molar-refractivity contribution in [3.8, 4) is 0 Å². The van der Waals surface area contributed by atoms with Gasteiger partial charge in [-0.15, -0.1) is 6.58 Å². The molecular weight excluding hydrogens is 242 g/mol. The van der Waals surface area contributed by atoms with E-state index in [1.54, 1.807) is 12.1 Å². The second-order valence-corrected chi connectivity index (χ2v) is 5.24. The number of sulfonamides is 1. The molecule has 0 unspecified atom stereocenters. The summed E-state index contributed by atoms with van der Waals surface area (Å²) in [6, 6.07) is 6.00. The first-order valence-corrected chi connectivity index (χ1v) is 6.50. The van der Waals surface area contributed by atoms with Crippen molar-refractivity contribution in [2.24, 2.45) is 0 Å². The van der Waals surface area contributed by atoms with Crippen molar-refractivity contribution in [1.29, 1.82) is 0 Å². The predicted molar refractivity (Wildman–Crippen MR) is 64.2 cm³/mol. The highest BCUT2D eigenvalue weighted by molar-refractivity contribution is 7.89. The molecule has 5 nitrogen and oxygen atoms in total. The summed E-state index contributed by atoms with van der Waals surface area (Å²) in [6.07, 6.45) is 1.30. The fourth-order valence-corrected chi connectivity index (χ4v) is 1.99. The summed E-state index contributed by atoms with van der Waals surface area (Å²) >= 11 is 0. The van der Waals surface area contributed by atoms with Crippen LogP contribution in [0.2, 0.25) is 0 Å². The zero-order chi connectivity index (χ0) is 12.9. The van der Waals surface area contributed by atoms with E-state index in [9.17, 15) is 13.2 Å². The fraction of sp³-hybridized carbons (Fsp3) is 0.182. The van der Waals surface area contributed by atoms with Crippen molar-refractivity contribution < 1.29 is 18.3 Å². The van der Waals surface area contributed by atoms with E-state index in [1.165, 1.54) is 18.2 Å². The van der Waals surface area contributed by atoms with Gasteiger partial charge in [0.2, 0.25) is 10.0 Å². The van der Waals surface area contributed by atoms with Crippen LogP contribution in [0.15, 0.2) is 36.9 Å². The van der Waals surface area contributed by atoms with E-state index in [0.717, 1.165) is 0 Å². The van der Waals surface area contributed by atoms with Crippen molar-refractivity contribution in [3.05, 3.63) is 48.0 Å². The second kappa shape index (κ2) is 5.60. The molecule has 17 heavy (non-hydrogen) atoms. The van der Waals surface area contributed by atoms with Crippen molar-refractivity contribution in [2.75, 3.05) is 5.75 Å². The Hall–Kier alpha value is -1.66. The van der Waals surface area contributed by atoms with Gasteiger partial charge in [0.1, 0.15) is 0 Å². The van der Waals surface area contributed by atoms with Crippen LogP contribution in [0.5, 0.6) is 0 Å². The summed E-state index contributed by atoms with van der Waals surface area (Å²) in [5.41, 5.74) is 0.866. The SMILES string of the molecule is C=CCS(=O)(=O)NCc1ccc(C(=O)O)cc1. The molecule has 0 saturated carbocycles. The molecule has 0 fully saturated rings. The lowest BCUT2D eigenvalue weighted by Crippen LogP contribution is -2.25. The minimum atomic E-state index is -3.34. The number of carbonyl (C=O) groups is 1. The number of hydrogen-bond donors (Lipinski definition) is 2. The maximum atomic E-state index is 11.3. The monoisotopic (exact) mass is 255 g/mol. The Balaban J connectivity index is 2.64. The van der Waals surface area contributed by atoms with E-state index >= 15 is 0 Å². The lowest BCUT2D eigenvalue weighted by Gasteiger charge is -2.04. The summed E-state index contributed by atoms with van der Waals surface area (Å²) in [7, 11) is -3.34. The van der Waals surface area contributed by atoms with Gasteiger partial charge >= 0.3 is 5.97 Å². The van der Waals surface area contributed by atoms with Crippen LogP contribution in [0.3, 0.4) is 0 Å². The molecule has 0 aliphatic rings. The molecule has 0 spiro atoms. The van der Waals surface area contributed by atoms with E-state index < -0.39 is 16.0 Å². The number of rotatable bonds is 6. The maximum absolute atomic E-state index is 11.3. The van der Waals surface area contributed by atoms with Gasteiger partial charge in [-0.25, -0.2) is 17.9 Å². The van der Waals surface area contributed by atoms with Gasteiger partial charge in [0.15, 0.2) is 0 Å². The lowest BCUT2D eigenvalue weighted by molar-refractivity contribution is 0.0697. The number of benzene rings is 1. The first-order valence-electron chi connectivity index (χ1n) is 4.85. The van der Waals surface area contributed by atoms with Crippen molar-refractivity contribution in [2.45, 2.75) is 6.54 Å². The van der Waals surface area contributed by atoms with Crippen LogP contribution in [0.1, 0.15) is 15.9 Å². The molecule has 0 aliphatic heterocycles. The third kappa shape index (κ3) is 4.38. The Morgan fingerprint density at radius 2 is 1.94 bits per heavy atom. The van der Waals surface area contributed by atoms with Gasteiger partial charge in [0.05, 0.1) is 11.3 Å². The smallest absolute Gasteiger partial charge is 0.335 e. The van der Waals surface area contributed by atoms with Crippen molar-refractivity contribution >= 4 is 16.0 Å². The highest BCUT2D eigenvalue weighted by atomic mass is 32.2. The zero-order valence-corrected chi connectivity index (χ0v) is 9.90. The fourth-order valence-electron chi connectivity index (χ4n) is 1.17. The third-order valence-corrected chi connectivity index (χ3v) is 3.29. The van der Waals surface area contributed by atoms with Gasteiger partial charge in [-0.2, -0.15) is 0 Å². The summed E-state index contributed by atoms with van der Waals surface area (Å²) in [5.74, 6) is -1.15. The van der Waals surface area contributed by atoms with Crippen LogP contribution in [0.25, 0.3) is 0 Å². The lowest BCUT2D eigenvalue weighted by atomic mass is 10.1. The van der Waals surface area contributed by atoms with Gasteiger partial charge in [-0.3, -0.25) is 0 Å². The molecule has 1 aromatic rings. The van der Waals surface area contributed by atoms with Gasteiger partial charge in [-0.1, -0.05) is 18.2 Å². The summed E-state index contributed by atoms with van der Waals surface area (Å²) in [5, 5.41) is 8.68. The van der Waals surface area contributed by atoms with Crippen LogP contribution in [-0.4, -0.2) is 25.2 Å². The van der Waals surface area contributed by atoms with Gasteiger partial charge < -0.3 is 5.11 Å². The maximum Gasteiger partial charge on any atom is 0.335 e. The summed E-state index contributed by atoms with van der Waals surface area (Å²) in [4.78, 5) is 10.6. The Morgan fingerprint density at radius 3 is 2.41 bits per heavy atom. The van der Waals surface area contributed by atoms with Crippen LogP contribution in [0, 0.1) is 0 Å². The van der Waals surface area contributed by atoms with Gasteiger partial charge in [0.25, 0.3) is 0 Å². The molecule has 0 bridgehead atoms. The summed E-state index contributed by atoms with van der Waals surface area (Å²) in [6.45, 7) is 3.48. The highest BCUT2D eigenvalue weighted by Crippen LogP contribution is 2.04. The van der Waals surface area contributed by atoms with Crippen LogP contribution in [-0.2, 0) is 16.6 Å². The van der Waals surface area contributed by atoms with Crippen molar-refractivity contribution in [3.63, 3.8) is 0 Å². The minimum absolute atomic E-state index is 0.135. The molecule has 0 saturated heterocycles. The Kier molecular flexibility index (Phi) is 4.42. The van der Waals surface area contributed by atoms with E-state index in [1.807, 2.05) is 0 Å². The number of nitrogens with one attached hydrogen (secondary N) is 1. The number of aromatic carboxylic acids is 1. The zero-order valence-electron chi connectivity index (χ0n) is 9.09. The normalized spacial score (nSPS) is 11.1. The van der Waals surface area contributed by atoms with E-state index in [4.69, 9.17) is 5.11 Å². The standard InChI is InChI=1S/C11H13NO4S/c1-2-7-17(15,16)12-8-9-3-5-10(6-4-9)11(13)14/h2-6,12H,1,7-8H2,(H,13,14). The van der Waals surface area contributed by atoms with Crippen LogP contribution in [0.4, 0.5) is 0 Å². The Bertz CT molecular complexity index is 505. The number of carboxylic acid groups (broad SMARTS) is 1. The predicted octanol–water partition coefficient (Wildman–Crippen LogP) is 0.990. The first kappa shape index (κ1) is 13.4. The molecule has 6 heteroatoms. The van der Waals surface area contributed by atoms with Gasteiger partial charge in [0, 0.05) is 6.54 Å². The highest BCUT2D eigenvalue weighted by Gasteiger charge is 2.07. The molecule has 1 rings (SSSR count). The van der Waals surface area contributed by atoms with Gasteiger partial charge in [-0.05, 0) is 17.7 Å². The molecule has 92 valence electrons. The molecule has 0 atom stereocenters. The Morgan fingerprint density at radius 1 is 1.35 bits per heavy atom. The topological polar surface area (TPSA) is 83.5 Å². The third-order valence-electron chi connectivity index (χ3n) is 2.03. The molecule has 1 aromatic carbocycles. The van der Waals surface area contributed by atoms with E-state index in [-0.39, 0.29) is 17.9 Å². The molecule has 0 heterocycles. The average molecular weight is 255 g/mol. The molecule has 0 radical (unpaired) electrons. The first-order chi connectivity index (χ1) is 7.94. The second-order valence-electron chi connectivity index (χ2n) is 3.39. The molecular formula is C11H13NO4S. The molecule has 2 N–H and O–H groups in total. The largest absolute Gasteiger partial charge is 0.478 e. The quantitative estimate of drug-likeness (QED) is 0.742. The van der Waals surface area contributed by atoms with E-state index in [0.29, 0.717) is 5.56 Å². The molecule has 0 aliphatic carbocycles. The van der Waals surface area contributed by atoms with Crippen LogP contribution < -0.4 is 4.72 Å². The molecule has 0 aromatic heterocycles. The number of carboxylic acids is 1. The van der Waals surface area contributed by atoms with Crippen LogP contribution >= 0.6 is 0 Å². The number of hydrogen-bond acceptors (Lipinski definition) is 3. The van der Waals surface area contributed by atoms with Crippen molar-refractivity contribution in [1.82, 2.24) is 4.72 Å². The summed E-state index contributed by atoms with van der Waals surface area (Å²) < 4.78 is 25.0. The molecule has 0 amide bonds. The minimum Gasteiger partial charge on any atom is -0.478 e.